The van der Waals surface area contributed by atoms with Crippen LogP contribution in [0, 0.1) is 28.6 Å². The normalized spacial score (nSPS) is 51.9. The third-order valence-corrected chi connectivity index (χ3v) is 8.21. The monoisotopic (exact) mass is 316 g/mol. The maximum absolute atomic E-state index is 12.0. The van der Waals surface area contributed by atoms with Gasteiger partial charge in [-0.15, -0.1) is 0 Å². The van der Waals surface area contributed by atoms with E-state index in [1.165, 1.54) is 5.57 Å². The van der Waals surface area contributed by atoms with Gasteiger partial charge in [-0.3, -0.25) is 0 Å². The Morgan fingerprint density at radius 3 is 2.70 bits per heavy atom. The van der Waals surface area contributed by atoms with Crippen molar-refractivity contribution in [3.8, 4) is 0 Å². The van der Waals surface area contributed by atoms with E-state index in [-0.39, 0.29) is 22.7 Å². The predicted octanol–water partition coefficient (Wildman–Crippen LogP) is 3.63. The van der Waals surface area contributed by atoms with E-state index < -0.39 is 5.60 Å². The number of fused-ring (bicyclic) bond motifs is 2. The van der Waals surface area contributed by atoms with Gasteiger partial charge in [0.25, 0.3) is 0 Å². The summed E-state index contributed by atoms with van der Waals surface area (Å²) in [6, 6.07) is 0. The topological polar surface area (TPSA) is 46.5 Å². The van der Waals surface area contributed by atoms with Gasteiger partial charge in [0.05, 0.1) is 5.60 Å². The summed E-state index contributed by atoms with van der Waals surface area (Å²) >= 11 is 0. The summed E-state index contributed by atoms with van der Waals surface area (Å²) in [5.41, 5.74) is 1.60. The molecule has 3 nitrogen and oxygen atoms in total. The molecule has 3 fully saturated rings. The van der Waals surface area contributed by atoms with Gasteiger partial charge >= 0.3 is 5.97 Å². The Morgan fingerprint density at radius 2 is 2.04 bits per heavy atom. The molecule has 0 aromatic heterocycles. The van der Waals surface area contributed by atoms with Gasteiger partial charge in [-0.2, -0.15) is 0 Å². The van der Waals surface area contributed by atoms with E-state index in [2.05, 4.69) is 33.8 Å². The second kappa shape index (κ2) is 4.50. The fraction of sp³-hybridized carbons (Fsp3) is 0.750. The van der Waals surface area contributed by atoms with E-state index in [0.717, 1.165) is 31.3 Å². The van der Waals surface area contributed by atoms with Crippen LogP contribution in [0.15, 0.2) is 23.3 Å². The molecule has 5 rings (SSSR count). The van der Waals surface area contributed by atoms with Crippen LogP contribution in [0.4, 0.5) is 0 Å². The first kappa shape index (κ1) is 15.4. The summed E-state index contributed by atoms with van der Waals surface area (Å²) in [5, 5.41) is 12.0. The highest BCUT2D eigenvalue weighted by Gasteiger charge is 2.71. The predicted molar refractivity (Wildman–Crippen MR) is 88.6 cm³/mol. The van der Waals surface area contributed by atoms with E-state index >= 15 is 0 Å². The lowest BCUT2D eigenvalue weighted by Gasteiger charge is -2.71. The smallest absolute Gasteiger partial charge is 0.331 e. The summed E-state index contributed by atoms with van der Waals surface area (Å²) in [6.45, 7) is 9.56. The van der Waals surface area contributed by atoms with Gasteiger partial charge in [-0.25, -0.2) is 4.79 Å². The molecule has 6 atom stereocenters. The number of allylic oxidation sites excluding steroid dienone is 1. The minimum absolute atomic E-state index is 0.0397. The molecule has 23 heavy (non-hydrogen) atoms. The Kier molecular flexibility index (Phi) is 3.02. The Bertz CT molecular complexity index is 633. The molecule has 2 bridgehead atoms. The number of carbonyl (C=O) groups is 1. The van der Waals surface area contributed by atoms with E-state index in [9.17, 15) is 9.90 Å². The highest BCUT2D eigenvalue weighted by Crippen LogP contribution is 2.73. The molecule has 126 valence electrons. The molecule has 5 aliphatic rings. The van der Waals surface area contributed by atoms with Crippen molar-refractivity contribution in [2.75, 3.05) is 6.61 Å². The first-order valence-electron chi connectivity index (χ1n) is 9.00. The van der Waals surface area contributed by atoms with Gasteiger partial charge in [0, 0.05) is 17.4 Å². The SMILES string of the molecule is CC1=CCC[C@H]2[C@@]3(C)C[C@@H](C4=CC(=O)OC4)[C@](O)(C[C@H]3C)[C@@]12C. The maximum Gasteiger partial charge on any atom is 0.331 e. The fourth-order valence-electron chi connectivity index (χ4n) is 6.61. The van der Waals surface area contributed by atoms with Crippen LogP contribution in [0.25, 0.3) is 0 Å². The molecule has 3 saturated carbocycles. The number of esters is 1. The molecule has 4 aliphatic carbocycles. The first-order valence-corrected chi connectivity index (χ1v) is 9.00. The molecule has 0 amide bonds. The van der Waals surface area contributed by atoms with Gasteiger partial charge < -0.3 is 9.84 Å². The minimum atomic E-state index is -0.768. The van der Waals surface area contributed by atoms with E-state index in [0.29, 0.717) is 18.4 Å². The lowest BCUT2D eigenvalue weighted by Crippen LogP contribution is -2.71. The second-order valence-corrected chi connectivity index (χ2v) is 8.84. The highest BCUT2D eigenvalue weighted by atomic mass is 16.5. The van der Waals surface area contributed by atoms with Gasteiger partial charge in [0.15, 0.2) is 0 Å². The summed E-state index contributed by atoms with van der Waals surface area (Å²) in [6.07, 6.45) is 8.04. The molecule has 1 N–H and O–H groups in total. The van der Waals surface area contributed by atoms with Crippen LogP contribution in [0.1, 0.15) is 53.4 Å². The van der Waals surface area contributed by atoms with Crippen molar-refractivity contribution < 1.29 is 14.6 Å². The van der Waals surface area contributed by atoms with Crippen molar-refractivity contribution in [2.45, 2.75) is 59.0 Å². The quantitative estimate of drug-likeness (QED) is 0.593. The largest absolute Gasteiger partial charge is 0.458 e. The van der Waals surface area contributed by atoms with E-state index in [1.54, 1.807) is 6.08 Å². The third kappa shape index (κ3) is 1.67. The Labute approximate surface area is 138 Å². The molecule has 0 aromatic rings. The van der Waals surface area contributed by atoms with Crippen molar-refractivity contribution >= 4 is 5.97 Å². The summed E-state index contributed by atoms with van der Waals surface area (Å²) in [7, 11) is 0. The van der Waals surface area contributed by atoms with Gasteiger partial charge in [-0.1, -0.05) is 32.4 Å². The molecule has 3 heteroatoms. The van der Waals surface area contributed by atoms with Crippen LogP contribution in [-0.4, -0.2) is 23.3 Å². The van der Waals surface area contributed by atoms with Crippen molar-refractivity contribution in [2.24, 2.45) is 28.6 Å². The minimum Gasteiger partial charge on any atom is -0.458 e. The van der Waals surface area contributed by atoms with Crippen LogP contribution in [0.3, 0.4) is 0 Å². The molecule has 1 heterocycles. The van der Waals surface area contributed by atoms with Crippen LogP contribution in [-0.2, 0) is 9.53 Å². The molecule has 0 radical (unpaired) electrons. The summed E-state index contributed by atoms with van der Waals surface area (Å²) in [5.74, 6) is 0.814. The second-order valence-electron chi connectivity index (χ2n) is 8.84. The van der Waals surface area contributed by atoms with E-state index in [4.69, 9.17) is 4.74 Å². The Morgan fingerprint density at radius 1 is 1.30 bits per heavy atom. The maximum atomic E-state index is 12.0. The number of carbonyl (C=O) groups excluding carboxylic acids is 1. The number of cyclic esters (lactones) is 1. The zero-order chi connectivity index (χ0) is 16.6. The molecule has 0 unspecified atom stereocenters. The number of hydrogen-bond donors (Lipinski definition) is 1. The van der Waals surface area contributed by atoms with Gasteiger partial charge in [0.1, 0.15) is 6.61 Å². The van der Waals surface area contributed by atoms with Crippen molar-refractivity contribution in [3.63, 3.8) is 0 Å². The summed E-state index contributed by atoms with van der Waals surface area (Å²) < 4.78 is 5.17. The summed E-state index contributed by atoms with van der Waals surface area (Å²) in [4.78, 5) is 11.6. The average Bonchev–Trinajstić information content (AvgIpc) is 2.91. The zero-order valence-corrected chi connectivity index (χ0v) is 14.7. The number of hydrogen-bond acceptors (Lipinski definition) is 3. The van der Waals surface area contributed by atoms with Crippen molar-refractivity contribution in [1.29, 1.82) is 0 Å². The Hall–Kier alpha value is -1.09. The number of ether oxygens (including phenoxy) is 1. The van der Waals surface area contributed by atoms with E-state index in [1.807, 2.05) is 0 Å². The molecule has 0 saturated heterocycles. The standard InChI is InChI=1S/C20H28O3/c1-12-6-5-7-16-18(3)10-15(14-8-17(21)23-11-14)20(22,9-13(18)2)19(12,16)4/h6,8,13,15-16,22H,5,7,9-11H2,1-4H3/t13-,15+,16+,18+,19+,20-/m1/s1. The molecule has 0 aromatic carbocycles. The number of aliphatic hydroxyl groups is 1. The lowest BCUT2D eigenvalue weighted by molar-refractivity contribution is -0.257. The van der Waals surface area contributed by atoms with Crippen LogP contribution < -0.4 is 0 Å². The molecular weight excluding hydrogens is 288 g/mol. The van der Waals surface area contributed by atoms with Crippen LogP contribution in [0.5, 0.6) is 0 Å². The van der Waals surface area contributed by atoms with Gasteiger partial charge in [0.2, 0.25) is 0 Å². The third-order valence-electron chi connectivity index (χ3n) is 8.21. The first-order chi connectivity index (χ1) is 10.7. The molecular formula is C20H28O3. The Balaban J connectivity index is 1.88. The van der Waals surface area contributed by atoms with Gasteiger partial charge in [-0.05, 0) is 55.4 Å². The molecule has 1 aliphatic heterocycles. The van der Waals surface area contributed by atoms with Crippen LogP contribution in [0.2, 0.25) is 0 Å². The van der Waals surface area contributed by atoms with Crippen molar-refractivity contribution in [1.82, 2.24) is 0 Å². The molecule has 0 spiro atoms. The number of rotatable bonds is 1. The lowest BCUT2D eigenvalue weighted by atomic mass is 9.34. The average molecular weight is 316 g/mol. The zero-order valence-electron chi connectivity index (χ0n) is 14.7. The fourth-order valence-corrected chi connectivity index (χ4v) is 6.61. The highest BCUT2D eigenvalue weighted by molar-refractivity contribution is 5.85. The van der Waals surface area contributed by atoms with Crippen molar-refractivity contribution in [3.05, 3.63) is 23.3 Å². The van der Waals surface area contributed by atoms with Crippen LogP contribution >= 0.6 is 0 Å².